The van der Waals surface area contributed by atoms with Crippen LogP contribution >= 0.6 is 0 Å². The average Bonchev–Trinajstić information content (AvgIpc) is 2.65. The molecule has 26 heavy (non-hydrogen) atoms. The third kappa shape index (κ3) is 2.58. The Morgan fingerprint density at radius 2 is 1.42 bits per heavy atom. The van der Waals surface area contributed by atoms with Crippen LogP contribution in [-0.4, -0.2) is 35.2 Å². The van der Waals surface area contributed by atoms with Crippen LogP contribution in [0.1, 0.15) is 36.7 Å². The molecular weight excluding hydrogens is 324 g/mol. The summed E-state index contributed by atoms with van der Waals surface area (Å²) in [6.45, 7) is 7.55. The number of anilines is 1. The molecule has 4 heteroatoms. The van der Waals surface area contributed by atoms with Crippen molar-refractivity contribution in [2.24, 2.45) is 0 Å². The Balaban J connectivity index is 1.96. The summed E-state index contributed by atoms with van der Waals surface area (Å²) in [5, 5.41) is 0. The summed E-state index contributed by atoms with van der Waals surface area (Å²) in [5.74, 6) is -0.781. The van der Waals surface area contributed by atoms with Gasteiger partial charge in [0.25, 0.3) is 0 Å². The summed E-state index contributed by atoms with van der Waals surface area (Å²) < 4.78 is 0. The molecule has 1 heterocycles. The second-order valence-corrected chi connectivity index (χ2v) is 7.80. The van der Waals surface area contributed by atoms with Crippen molar-refractivity contribution in [3.05, 3.63) is 71.3 Å². The van der Waals surface area contributed by atoms with Crippen LogP contribution in [-0.2, 0) is 4.79 Å². The predicted molar refractivity (Wildman–Crippen MR) is 103 cm³/mol. The molecule has 2 aliphatic rings. The van der Waals surface area contributed by atoms with E-state index in [0.29, 0.717) is 24.4 Å². The Morgan fingerprint density at radius 3 is 2.08 bits per heavy atom. The number of nitrogens with zero attached hydrogens (tertiary/aromatic N) is 2. The summed E-state index contributed by atoms with van der Waals surface area (Å²) in [6, 6.07) is 17.5. The van der Waals surface area contributed by atoms with Crippen molar-refractivity contribution in [1.82, 2.24) is 4.90 Å². The molecule has 0 aromatic heterocycles. The van der Waals surface area contributed by atoms with Crippen LogP contribution in [0.4, 0.5) is 5.69 Å². The van der Waals surface area contributed by atoms with Gasteiger partial charge in [-0.3, -0.25) is 14.5 Å². The number of hydrogen-bond acceptors (Lipinski definition) is 4. The number of carbonyl (C=O) groups is 2. The SMILES string of the molecule is CC(C)(C)N1CC2=C(c3ccccc3C(=O)C2=O)N(c2ccccc2)C1. The zero-order valence-corrected chi connectivity index (χ0v) is 15.3. The van der Waals surface area contributed by atoms with Crippen LogP contribution in [0.5, 0.6) is 0 Å². The Hall–Kier alpha value is -2.72. The van der Waals surface area contributed by atoms with E-state index in [1.54, 1.807) is 6.07 Å². The van der Waals surface area contributed by atoms with E-state index in [-0.39, 0.29) is 11.3 Å². The fourth-order valence-corrected chi connectivity index (χ4v) is 3.62. The van der Waals surface area contributed by atoms with E-state index in [9.17, 15) is 9.59 Å². The van der Waals surface area contributed by atoms with E-state index >= 15 is 0 Å². The maximum atomic E-state index is 12.9. The molecule has 1 aliphatic heterocycles. The van der Waals surface area contributed by atoms with Crippen molar-refractivity contribution >= 4 is 23.0 Å². The first-order valence-electron chi connectivity index (χ1n) is 8.87. The van der Waals surface area contributed by atoms with Crippen LogP contribution in [0, 0.1) is 0 Å². The van der Waals surface area contributed by atoms with Crippen molar-refractivity contribution in [3.63, 3.8) is 0 Å². The second-order valence-electron chi connectivity index (χ2n) is 7.80. The first-order valence-corrected chi connectivity index (χ1v) is 8.87. The maximum absolute atomic E-state index is 12.9. The molecule has 0 bridgehead atoms. The maximum Gasteiger partial charge on any atom is 0.233 e. The van der Waals surface area contributed by atoms with E-state index in [0.717, 1.165) is 16.9 Å². The smallest absolute Gasteiger partial charge is 0.233 e. The molecule has 4 nitrogen and oxygen atoms in total. The molecule has 0 radical (unpaired) electrons. The van der Waals surface area contributed by atoms with E-state index in [2.05, 4.69) is 30.6 Å². The minimum Gasteiger partial charge on any atom is -0.327 e. The Labute approximate surface area is 153 Å². The number of fused-ring (bicyclic) bond motifs is 2. The third-order valence-electron chi connectivity index (χ3n) is 5.14. The molecule has 0 spiro atoms. The van der Waals surface area contributed by atoms with Crippen molar-refractivity contribution in [2.45, 2.75) is 26.3 Å². The molecule has 1 aliphatic carbocycles. The monoisotopic (exact) mass is 346 g/mol. The van der Waals surface area contributed by atoms with Gasteiger partial charge in [-0.25, -0.2) is 0 Å². The van der Waals surface area contributed by atoms with Crippen LogP contribution in [0.2, 0.25) is 0 Å². The van der Waals surface area contributed by atoms with Gasteiger partial charge in [0, 0.05) is 34.5 Å². The number of para-hydroxylation sites is 1. The van der Waals surface area contributed by atoms with Gasteiger partial charge in [-0.05, 0) is 32.9 Å². The Bertz CT molecular complexity index is 923. The summed E-state index contributed by atoms with van der Waals surface area (Å²) in [4.78, 5) is 30.0. The van der Waals surface area contributed by atoms with E-state index in [1.165, 1.54) is 0 Å². The van der Waals surface area contributed by atoms with Crippen molar-refractivity contribution in [1.29, 1.82) is 0 Å². The third-order valence-corrected chi connectivity index (χ3v) is 5.14. The molecule has 0 saturated carbocycles. The summed E-state index contributed by atoms with van der Waals surface area (Å²) in [5.41, 5.74) is 3.72. The lowest BCUT2D eigenvalue weighted by Gasteiger charge is -2.46. The molecule has 0 atom stereocenters. The van der Waals surface area contributed by atoms with Crippen molar-refractivity contribution < 1.29 is 9.59 Å². The molecule has 0 unspecified atom stereocenters. The topological polar surface area (TPSA) is 40.6 Å². The van der Waals surface area contributed by atoms with Gasteiger partial charge < -0.3 is 4.90 Å². The number of rotatable bonds is 1. The first kappa shape index (κ1) is 16.7. The van der Waals surface area contributed by atoms with E-state index < -0.39 is 5.78 Å². The number of carbonyl (C=O) groups excluding carboxylic acids is 2. The number of Topliss-reactive ketones (excluding diaryl/α,β-unsaturated/α-hetero) is 2. The lowest BCUT2D eigenvalue weighted by molar-refractivity contribution is -0.112. The van der Waals surface area contributed by atoms with Crippen molar-refractivity contribution in [2.75, 3.05) is 18.1 Å². The molecular formula is C22H22N2O2. The standard InChI is InChI=1S/C22H22N2O2/c1-22(2,3)23-13-18-19(24(14-23)15-9-5-4-6-10-15)16-11-7-8-12-17(16)20(25)21(18)26/h4-12H,13-14H2,1-3H3. The van der Waals surface area contributed by atoms with E-state index in [4.69, 9.17) is 0 Å². The van der Waals surface area contributed by atoms with Crippen LogP contribution in [0.15, 0.2) is 60.2 Å². The fourth-order valence-electron chi connectivity index (χ4n) is 3.62. The van der Waals surface area contributed by atoms with Gasteiger partial charge in [-0.1, -0.05) is 42.5 Å². The zero-order valence-electron chi connectivity index (χ0n) is 15.3. The molecule has 0 N–H and O–H groups in total. The number of ketones is 2. The van der Waals surface area contributed by atoms with Crippen molar-refractivity contribution in [3.8, 4) is 0 Å². The highest BCUT2D eigenvalue weighted by atomic mass is 16.2. The van der Waals surface area contributed by atoms with Gasteiger partial charge in [0.05, 0.1) is 12.4 Å². The summed E-state index contributed by atoms with van der Waals surface area (Å²) in [6.07, 6.45) is 0. The van der Waals surface area contributed by atoms with Gasteiger partial charge in [-0.15, -0.1) is 0 Å². The minimum atomic E-state index is -0.400. The lowest BCUT2D eigenvalue weighted by Crippen LogP contribution is -2.54. The van der Waals surface area contributed by atoms with Crippen LogP contribution < -0.4 is 4.90 Å². The summed E-state index contributed by atoms with van der Waals surface area (Å²) in [7, 11) is 0. The molecule has 0 fully saturated rings. The molecule has 0 amide bonds. The Kier molecular flexibility index (Phi) is 3.81. The number of hydrogen-bond donors (Lipinski definition) is 0. The Morgan fingerprint density at radius 1 is 0.808 bits per heavy atom. The number of benzene rings is 2. The molecule has 2 aromatic carbocycles. The molecule has 4 rings (SSSR count). The molecule has 2 aromatic rings. The van der Waals surface area contributed by atoms with Gasteiger partial charge in [0.15, 0.2) is 0 Å². The first-order chi connectivity index (χ1) is 12.4. The highest BCUT2D eigenvalue weighted by Gasteiger charge is 2.41. The van der Waals surface area contributed by atoms with Gasteiger partial charge >= 0.3 is 0 Å². The van der Waals surface area contributed by atoms with Crippen LogP contribution in [0.3, 0.4) is 0 Å². The van der Waals surface area contributed by atoms with Gasteiger partial charge in [0.2, 0.25) is 11.6 Å². The highest BCUT2D eigenvalue weighted by Crippen LogP contribution is 2.39. The second kappa shape index (κ2) is 5.92. The predicted octanol–water partition coefficient (Wildman–Crippen LogP) is 3.74. The summed E-state index contributed by atoms with van der Waals surface area (Å²) >= 11 is 0. The highest BCUT2D eigenvalue weighted by molar-refractivity contribution is 6.52. The quantitative estimate of drug-likeness (QED) is 0.738. The average molecular weight is 346 g/mol. The van der Waals surface area contributed by atoms with Crippen LogP contribution in [0.25, 0.3) is 5.70 Å². The minimum absolute atomic E-state index is 0.119. The van der Waals surface area contributed by atoms with Gasteiger partial charge in [-0.2, -0.15) is 0 Å². The van der Waals surface area contributed by atoms with E-state index in [1.807, 2.05) is 48.5 Å². The zero-order chi connectivity index (χ0) is 18.5. The fraction of sp³-hybridized carbons (Fsp3) is 0.273. The molecule has 132 valence electrons. The molecule has 0 saturated heterocycles. The normalized spacial score (nSPS) is 18.0. The largest absolute Gasteiger partial charge is 0.327 e. The van der Waals surface area contributed by atoms with Gasteiger partial charge in [0.1, 0.15) is 0 Å². The lowest BCUT2D eigenvalue weighted by atomic mass is 9.84.